The van der Waals surface area contributed by atoms with Crippen LogP contribution in [0.4, 0.5) is 0 Å². The third kappa shape index (κ3) is 4.56. The lowest BCUT2D eigenvalue weighted by molar-refractivity contribution is 0.0766. The summed E-state index contributed by atoms with van der Waals surface area (Å²) in [6, 6.07) is 15.1. The lowest BCUT2D eigenvalue weighted by Gasteiger charge is -2.37. The summed E-state index contributed by atoms with van der Waals surface area (Å²) in [7, 11) is 4.12. The Hall–Kier alpha value is -3.48. The van der Waals surface area contributed by atoms with Crippen LogP contribution in [0.5, 0.6) is 0 Å². The summed E-state index contributed by atoms with van der Waals surface area (Å²) in [6.45, 7) is 4.48. The van der Waals surface area contributed by atoms with Gasteiger partial charge >= 0.3 is 0 Å². The number of nitrogens with one attached hydrogen (secondary N) is 1. The number of hydrogen-bond acceptors (Lipinski definition) is 4. The maximum Gasteiger partial charge on any atom is 0.253 e. The van der Waals surface area contributed by atoms with Gasteiger partial charge in [0.15, 0.2) is 0 Å². The molecule has 2 aromatic heterocycles. The Kier molecular flexibility index (Phi) is 6.25. The van der Waals surface area contributed by atoms with Crippen molar-refractivity contribution in [2.75, 3.05) is 40.4 Å². The molecule has 2 unspecified atom stereocenters. The molecular weight excluding hydrogens is 484 g/mol. The van der Waals surface area contributed by atoms with E-state index in [1.165, 1.54) is 42.5 Å². The van der Waals surface area contributed by atoms with Gasteiger partial charge in [-0.2, -0.15) is 0 Å². The first-order chi connectivity index (χ1) is 19.0. The van der Waals surface area contributed by atoms with E-state index in [9.17, 15) is 4.79 Å². The average molecular weight is 521 g/mol. The summed E-state index contributed by atoms with van der Waals surface area (Å²) < 4.78 is 5.47. The van der Waals surface area contributed by atoms with Crippen molar-refractivity contribution in [3.8, 4) is 22.3 Å². The molecule has 6 heteroatoms. The maximum atomic E-state index is 13.0. The SMILES string of the molecule is CN1Cc2cc(-c3cnc4[nH]cc(-c5ccc(C(=O)N(C)CC6CCOC6)cc5)c4c3)cc3c2C(CCC3)C1. The van der Waals surface area contributed by atoms with E-state index in [2.05, 4.69) is 35.1 Å². The second-order valence-corrected chi connectivity index (χ2v) is 11.8. The first-order valence-electron chi connectivity index (χ1n) is 14.3. The van der Waals surface area contributed by atoms with Gasteiger partial charge in [0.1, 0.15) is 5.65 Å². The Morgan fingerprint density at radius 2 is 1.95 bits per heavy atom. The lowest BCUT2D eigenvalue weighted by Crippen LogP contribution is -2.33. The van der Waals surface area contributed by atoms with Gasteiger partial charge in [0.05, 0.1) is 6.61 Å². The number of fused-ring (bicyclic) bond motifs is 1. The third-order valence-corrected chi connectivity index (χ3v) is 8.94. The van der Waals surface area contributed by atoms with Gasteiger partial charge in [0, 0.05) is 73.7 Å². The Morgan fingerprint density at radius 3 is 2.77 bits per heavy atom. The zero-order chi connectivity index (χ0) is 26.5. The summed E-state index contributed by atoms with van der Waals surface area (Å²) >= 11 is 0. The van der Waals surface area contributed by atoms with Gasteiger partial charge in [-0.3, -0.25) is 4.79 Å². The number of carbonyl (C=O) groups is 1. The minimum atomic E-state index is 0.0561. The Morgan fingerprint density at radius 1 is 1.10 bits per heavy atom. The van der Waals surface area contributed by atoms with Crippen LogP contribution in [-0.4, -0.2) is 66.1 Å². The summed E-state index contributed by atoms with van der Waals surface area (Å²) in [5, 5.41) is 1.10. The first-order valence-corrected chi connectivity index (χ1v) is 14.3. The zero-order valence-corrected chi connectivity index (χ0v) is 22.9. The van der Waals surface area contributed by atoms with Crippen molar-refractivity contribution in [3.63, 3.8) is 0 Å². The quantitative estimate of drug-likeness (QED) is 0.358. The molecule has 39 heavy (non-hydrogen) atoms. The van der Waals surface area contributed by atoms with Crippen LogP contribution in [0.15, 0.2) is 54.9 Å². The Bertz CT molecular complexity index is 1530. The highest BCUT2D eigenvalue weighted by Crippen LogP contribution is 2.41. The van der Waals surface area contributed by atoms with Gasteiger partial charge in [-0.25, -0.2) is 4.98 Å². The molecule has 1 amide bonds. The first kappa shape index (κ1) is 24.6. The highest BCUT2D eigenvalue weighted by Gasteiger charge is 2.29. The second-order valence-electron chi connectivity index (χ2n) is 11.8. The number of nitrogens with zero attached hydrogens (tertiary/aromatic N) is 3. The highest BCUT2D eigenvalue weighted by atomic mass is 16.5. The van der Waals surface area contributed by atoms with Crippen molar-refractivity contribution >= 4 is 16.9 Å². The van der Waals surface area contributed by atoms with Crippen molar-refractivity contribution in [1.29, 1.82) is 0 Å². The maximum absolute atomic E-state index is 13.0. The number of pyridine rings is 1. The number of ether oxygens (including phenoxy) is 1. The fourth-order valence-electron chi connectivity index (χ4n) is 7.02. The molecule has 1 fully saturated rings. The van der Waals surface area contributed by atoms with Gasteiger partial charge in [0.2, 0.25) is 0 Å². The van der Waals surface area contributed by atoms with Crippen LogP contribution in [0.25, 0.3) is 33.3 Å². The number of amides is 1. The molecule has 6 nitrogen and oxygen atoms in total. The normalized spacial score (nSPS) is 20.8. The van der Waals surface area contributed by atoms with Gasteiger partial charge in [-0.1, -0.05) is 18.2 Å². The predicted molar refractivity (Wildman–Crippen MR) is 155 cm³/mol. The van der Waals surface area contributed by atoms with Gasteiger partial charge < -0.3 is 19.5 Å². The van der Waals surface area contributed by atoms with E-state index in [-0.39, 0.29) is 5.91 Å². The fourth-order valence-corrected chi connectivity index (χ4v) is 7.02. The monoisotopic (exact) mass is 520 g/mol. The lowest BCUT2D eigenvalue weighted by atomic mass is 9.76. The van der Waals surface area contributed by atoms with Gasteiger partial charge in [0.25, 0.3) is 5.91 Å². The molecule has 200 valence electrons. The predicted octanol–water partition coefficient (Wildman–Crippen LogP) is 5.87. The summed E-state index contributed by atoms with van der Waals surface area (Å²) in [5.41, 5.74) is 10.8. The van der Waals surface area contributed by atoms with Crippen LogP contribution < -0.4 is 0 Å². The standard InChI is InChI=1S/C33H36N4O2/c1-36-18-25-5-3-4-24-12-26(13-28(19-36)31(24)25)27-14-29-30(16-35-32(29)34-15-27)22-6-8-23(9-7-22)33(38)37(2)17-21-10-11-39-20-21/h6-9,12-16,21,25H,3-5,10-11,17-20H2,1-2H3,(H,34,35). The van der Waals surface area contributed by atoms with E-state index in [0.717, 1.165) is 60.4 Å². The zero-order valence-electron chi connectivity index (χ0n) is 22.9. The molecule has 1 saturated heterocycles. The van der Waals surface area contributed by atoms with E-state index >= 15 is 0 Å². The molecule has 0 spiro atoms. The van der Waals surface area contributed by atoms with Crippen LogP contribution in [0, 0.1) is 5.92 Å². The molecule has 1 aliphatic carbocycles. The molecule has 2 aliphatic heterocycles. The van der Waals surface area contributed by atoms with Gasteiger partial charge in [-0.15, -0.1) is 0 Å². The largest absolute Gasteiger partial charge is 0.381 e. The van der Waals surface area contributed by atoms with E-state index in [1.807, 2.05) is 48.6 Å². The Labute approximate surface area is 230 Å². The van der Waals surface area contributed by atoms with Gasteiger partial charge in [-0.05, 0) is 90.7 Å². The molecule has 0 saturated carbocycles. The number of aryl methyl sites for hydroxylation is 1. The van der Waals surface area contributed by atoms with Crippen molar-refractivity contribution < 1.29 is 9.53 Å². The molecule has 3 aliphatic rings. The highest BCUT2D eigenvalue weighted by molar-refractivity contribution is 5.98. The van der Waals surface area contributed by atoms with Crippen LogP contribution >= 0.6 is 0 Å². The van der Waals surface area contributed by atoms with Crippen LogP contribution in [0.2, 0.25) is 0 Å². The number of aromatic amines is 1. The molecule has 7 rings (SSSR count). The topological polar surface area (TPSA) is 61.5 Å². The summed E-state index contributed by atoms with van der Waals surface area (Å²) in [4.78, 5) is 25.4. The third-order valence-electron chi connectivity index (χ3n) is 8.94. The molecular formula is C33H36N4O2. The number of aromatic nitrogens is 2. The molecule has 1 N–H and O–H groups in total. The minimum absolute atomic E-state index is 0.0561. The summed E-state index contributed by atoms with van der Waals surface area (Å²) in [6.07, 6.45) is 8.81. The van der Waals surface area contributed by atoms with Crippen molar-refractivity contribution in [2.24, 2.45) is 5.92 Å². The van der Waals surface area contributed by atoms with Crippen molar-refractivity contribution in [1.82, 2.24) is 19.8 Å². The van der Waals surface area contributed by atoms with Crippen LogP contribution in [0.1, 0.15) is 52.2 Å². The smallest absolute Gasteiger partial charge is 0.253 e. The Balaban J connectivity index is 1.18. The van der Waals surface area contributed by atoms with E-state index in [4.69, 9.17) is 9.72 Å². The molecule has 4 aromatic rings. The molecule has 4 heterocycles. The minimum Gasteiger partial charge on any atom is -0.381 e. The number of H-pyrrole nitrogens is 1. The molecule has 2 atom stereocenters. The van der Waals surface area contributed by atoms with Crippen LogP contribution in [0.3, 0.4) is 0 Å². The van der Waals surface area contributed by atoms with Crippen LogP contribution in [-0.2, 0) is 17.7 Å². The second kappa shape index (κ2) is 9.92. The molecule has 2 aromatic carbocycles. The van der Waals surface area contributed by atoms with Crippen molar-refractivity contribution in [3.05, 3.63) is 77.1 Å². The van der Waals surface area contributed by atoms with E-state index in [0.29, 0.717) is 17.4 Å². The number of carbonyl (C=O) groups excluding carboxylic acids is 1. The molecule has 0 bridgehead atoms. The van der Waals surface area contributed by atoms with Crippen molar-refractivity contribution in [2.45, 2.75) is 38.1 Å². The average Bonchev–Trinajstić information content (AvgIpc) is 3.62. The number of rotatable bonds is 5. The number of hydrogen-bond donors (Lipinski definition) is 1. The van der Waals surface area contributed by atoms with E-state index in [1.54, 1.807) is 5.56 Å². The van der Waals surface area contributed by atoms with E-state index < -0.39 is 0 Å². The summed E-state index contributed by atoms with van der Waals surface area (Å²) in [5.74, 6) is 1.17. The molecule has 0 radical (unpaired) electrons. The number of benzene rings is 2. The number of likely N-dealkylation sites (N-methyl/N-ethyl adjacent to an activating group) is 1. The fraction of sp³-hybridized carbons (Fsp3) is 0.394.